The van der Waals surface area contributed by atoms with Gasteiger partial charge in [-0.3, -0.25) is 0 Å². The van der Waals surface area contributed by atoms with E-state index < -0.39 is 10.0 Å². The largest absolute Gasteiger partial charge is 0.490 e. The zero-order chi connectivity index (χ0) is 23.6. The number of nitrogens with one attached hydrogen (secondary N) is 1. The fourth-order valence-electron chi connectivity index (χ4n) is 3.96. The van der Waals surface area contributed by atoms with Crippen molar-refractivity contribution in [3.05, 3.63) is 53.1 Å². The minimum atomic E-state index is -3.42. The van der Waals surface area contributed by atoms with Crippen molar-refractivity contribution in [1.29, 1.82) is 5.26 Å². The molecule has 0 spiro atoms. The van der Waals surface area contributed by atoms with Gasteiger partial charge >= 0.3 is 0 Å². The zero-order valence-electron chi connectivity index (χ0n) is 18.4. The number of fused-ring (bicyclic) bond motifs is 1. The molecule has 3 aromatic rings. The molecule has 2 aromatic carbocycles. The van der Waals surface area contributed by atoms with Crippen LogP contribution in [-0.2, 0) is 16.4 Å². The molecule has 0 saturated heterocycles. The van der Waals surface area contributed by atoms with Crippen molar-refractivity contribution in [2.45, 2.75) is 38.8 Å². The van der Waals surface area contributed by atoms with E-state index in [9.17, 15) is 13.7 Å². The maximum Gasteiger partial charge on any atom is 0.213 e. The fraction of sp³-hybridized carbons (Fsp3) is 0.348. The number of aromatic nitrogens is 2. The van der Waals surface area contributed by atoms with E-state index in [-0.39, 0.29) is 24.4 Å². The maximum absolute atomic E-state index is 12.2. The van der Waals surface area contributed by atoms with Crippen molar-refractivity contribution >= 4 is 21.4 Å². The highest BCUT2D eigenvalue weighted by atomic mass is 32.2. The number of hydrogen-bond acceptors (Lipinski definition) is 8. The molecule has 8 nitrogen and oxygen atoms in total. The third-order valence-corrected chi connectivity index (χ3v) is 7.77. The van der Waals surface area contributed by atoms with E-state index in [1.165, 1.54) is 11.3 Å². The van der Waals surface area contributed by atoms with E-state index in [2.05, 4.69) is 21.0 Å². The first-order valence-electron chi connectivity index (χ1n) is 10.7. The summed E-state index contributed by atoms with van der Waals surface area (Å²) in [4.78, 5) is 0. The second-order valence-electron chi connectivity index (χ2n) is 8.09. The van der Waals surface area contributed by atoms with Gasteiger partial charge in [-0.2, -0.15) is 5.26 Å². The molecule has 1 atom stereocenters. The molecule has 33 heavy (non-hydrogen) atoms. The summed E-state index contributed by atoms with van der Waals surface area (Å²) in [7, 11) is -3.42. The Bertz CT molecular complexity index is 1310. The van der Waals surface area contributed by atoms with Gasteiger partial charge in [0.15, 0.2) is 0 Å². The highest BCUT2D eigenvalue weighted by Crippen LogP contribution is 2.40. The summed E-state index contributed by atoms with van der Waals surface area (Å²) in [6.07, 6.45) is 1.40. The average Bonchev–Trinajstić information content (AvgIpc) is 3.41. The number of sulfonamides is 1. The molecule has 1 aromatic heterocycles. The zero-order valence-corrected chi connectivity index (χ0v) is 20.0. The van der Waals surface area contributed by atoms with Gasteiger partial charge in [0.2, 0.25) is 10.0 Å². The lowest BCUT2D eigenvalue weighted by Crippen LogP contribution is -2.32. The van der Waals surface area contributed by atoms with Crippen LogP contribution in [0.3, 0.4) is 0 Å². The lowest BCUT2D eigenvalue weighted by molar-refractivity contribution is 0.242. The first-order valence-corrected chi connectivity index (χ1v) is 13.1. The van der Waals surface area contributed by atoms with E-state index in [4.69, 9.17) is 10.5 Å². The van der Waals surface area contributed by atoms with Crippen LogP contribution in [0.25, 0.3) is 21.1 Å². The van der Waals surface area contributed by atoms with Gasteiger partial charge in [0.1, 0.15) is 21.8 Å². The molecule has 0 saturated carbocycles. The summed E-state index contributed by atoms with van der Waals surface area (Å²) < 4.78 is 32.9. The molecule has 10 heteroatoms. The van der Waals surface area contributed by atoms with Gasteiger partial charge in [0.25, 0.3) is 0 Å². The number of nitrogens with two attached hydrogens (primary N) is 1. The predicted molar refractivity (Wildman–Crippen MR) is 128 cm³/mol. The summed E-state index contributed by atoms with van der Waals surface area (Å²) in [5.74, 6) is 0.453. The van der Waals surface area contributed by atoms with E-state index in [0.717, 1.165) is 33.7 Å². The third kappa shape index (κ3) is 5.07. The van der Waals surface area contributed by atoms with Crippen molar-refractivity contribution in [3.63, 3.8) is 0 Å². The van der Waals surface area contributed by atoms with Crippen LogP contribution in [-0.4, -0.2) is 37.0 Å². The second-order valence-corrected chi connectivity index (χ2v) is 10.9. The minimum absolute atomic E-state index is 0.0279. The summed E-state index contributed by atoms with van der Waals surface area (Å²) in [6, 6.07) is 13.2. The van der Waals surface area contributed by atoms with Crippen LogP contribution in [0.15, 0.2) is 36.4 Å². The Labute approximate surface area is 197 Å². The average molecular weight is 484 g/mol. The fourth-order valence-corrected chi connectivity index (χ4v) is 5.96. The van der Waals surface area contributed by atoms with Crippen LogP contribution < -0.4 is 15.2 Å². The molecule has 1 aliphatic rings. The van der Waals surface area contributed by atoms with Crippen LogP contribution in [0, 0.1) is 11.3 Å². The molecule has 0 bridgehead atoms. The van der Waals surface area contributed by atoms with Crippen molar-refractivity contribution in [2.24, 2.45) is 5.73 Å². The van der Waals surface area contributed by atoms with Gasteiger partial charge in [-0.05, 0) is 56.0 Å². The van der Waals surface area contributed by atoms with Gasteiger partial charge in [-0.25, -0.2) is 13.1 Å². The van der Waals surface area contributed by atoms with Crippen LogP contribution >= 0.6 is 11.3 Å². The van der Waals surface area contributed by atoms with E-state index in [1.54, 1.807) is 12.1 Å². The summed E-state index contributed by atoms with van der Waals surface area (Å²) in [6.45, 7) is 3.91. The van der Waals surface area contributed by atoms with Crippen molar-refractivity contribution in [2.75, 3.05) is 12.3 Å². The molecule has 172 valence electrons. The number of nitriles is 1. The molecule has 0 fully saturated rings. The number of hydrogen-bond donors (Lipinski definition) is 2. The quantitative estimate of drug-likeness (QED) is 0.502. The molecule has 4 rings (SSSR count). The van der Waals surface area contributed by atoms with Crippen molar-refractivity contribution in [3.8, 4) is 33.0 Å². The van der Waals surface area contributed by atoms with Gasteiger partial charge in [-0.1, -0.05) is 29.5 Å². The second kappa shape index (κ2) is 9.57. The Balaban J connectivity index is 1.63. The molecule has 3 N–H and O–H groups in total. The van der Waals surface area contributed by atoms with Gasteiger partial charge in [0, 0.05) is 23.7 Å². The normalized spacial score (nSPS) is 15.4. The van der Waals surface area contributed by atoms with Crippen LogP contribution in [0.2, 0.25) is 0 Å². The Morgan fingerprint density at radius 1 is 1.27 bits per heavy atom. The molecule has 1 aliphatic carbocycles. The summed E-state index contributed by atoms with van der Waals surface area (Å²) in [5.41, 5.74) is 9.67. The number of rotatable bonds is 8. The Kier molecular flexibility index (Phi) is 6.76. The Morgan fingerprint density at radius 2 is 2.06 bits per heavy atom. The summed E-state index contributed by atoms with van der Waals surface area (Å²) >= 11 is 1.44. The van der Waals surface area contributed by atoms with E-state index in [0.29, 0.717) is 22.7 Å². The monoisotopic (exact) mass is 483 g/mol. The first kappa shape index (κ1) is 23.3. The van der Waals surface area contributed by atoms with Crippen LogP contribution in [0.5, 0.6) is 5.75 Å². The number of ether oxygens (including phenoxy) is 1. The Hall–Kier alpha value is -2.84. The molecule has 1 unspecified atom stereocenters. The SMILES string of the molecule is CC(C)Oc1ccc(-c2nnc(-c3cccc4c3CCC4NS(=O)(=O)CCN)s2)cc1C#N. The predicted octanol–water partition coefficient (Wildman–Crippen LogP) is 3.40. The number of benzene rings is 2. The Morgan fingerprint density at radius 3 is 2.79 bits per heavy atom. The minimum Gasteiger partial charge on any atom is -0.490 e. The van der Waals surface area contributed by atoms with Crippen LogP contribution in [0.4, 0.5) is 0 Å². The molecular formula is C23H25N5O3S2. The van der Waals surface area contributed by atoms with E-state index in [1.807, 2.05) is 38.1 Å². The molecular weight excluding hydrogens is 458 g/mol. The van der Waals surface area contributed by atoms with Crippen LogP contribution in [0.1, 0.15) is 43.0 Å². The van der Waals surface area contributed by atoms with Crippen molar-refractivity contribution < 1.29 is 13.2 Å². The molecule has 0 aliphatic heterocycles. The van der Waals surface area contributed by atoms with Gasteiger partial charge < -0.3 is 10.5 Å². The molecule has 0 amide bonds. The van der Waals surface area contributed by atoms with Gasteiger partial charge in [0.05, 0.1) is 17.4 Å². The lowest BCUT2D eigenvalue weighted by atomic mass is 10.0. The third-order valence-electron chi connectivity index (χ3n) is 5.34. The summed E-state index contributed by atoms with van der Waals surface area (Å²) in [5, 5.41) is 19.7. The van der Waals surface area contributed by atoms with Crippen molar-refractivity contribution in [1.82, 2.24) is 14.9 Å². The molecule has 0 radical (unpaired) electrons. The van der Waals surface area contributed by atoms with E-state index >= 15 is 0 Å². The standard InChI is InChI=1S/C23H25N5O3S2/c1-14(2)31-21-9-6-15(12-16(21)13-25)22-26-27-23(32-22)19-5-3-4-18-17(19)7-8-20(18)28-33(29,30)11-10-24/h3-6,9,12,14,20,28H,7-8,10-11,24H2,1-2H3. The maximum atomic E-state index is 12.2. The topological polar surface area (TPSA) is 131 Å². The smallest absolute Gasteiger partial charge is 0.213 e. The highest BCUT2D eigenvalue weighted by molar-refractivity contribution is 7.89. The first-order chi connectivity index (χ1) is 15.8. The lowest BCUT2D eigenvalue weighted by Gasteiger charge is -2.14. The van der Waals surface area contributed by atoms with Gasteiger partial charge in [-0.15, -0.1) is 10.2 Å². The highest BCUT2D eigenvalue weighted by Gasteiger charge is 2.29. The number of nitrogens with zero attached hydrogens (tertiary/aromatic N) is 3. The molecule has 1 heterocycles.